The summed E-state index contributed by atoms with van der Waals surface area (Å²) in [6, 6.07) is 16.6. The van der Waals surface area contributed by atoms with Crippen LogP contribution in [0.3, 0.4) is 0 Å². The molecule has 3 aromatic rings. The normalized spacial score (nSPS) is 15.4. The third-order valence-corrected chi connectivity index (χ3v) is 7.14. The topological polar surface area (TPSA) is 62.7 Å². The van der Waals surface area contributed by atoms with E-state index in [1.807, 2.05) is 65.3 Å². The van der Waals surface area contributed by atoms with E-state index in [4.69, 9.17) is 16.3 Å². The van der Waals surface area contributed by atoms with Gasteiger partial charge in [0, 0.05) is 36.8 Å². The van der Waals surface area contributed by atoms with Gasteiger partial charge in [-0.15, -0.1) is 11.3 Å². The minimum Gasteiger partial charge on any atom is -0.468 e. The molecule has 0 aliphatic carbocycles. The number of halogens is 1. The number of nitrogens with zero attached hydrogens (tertiary/aromatic N) is 3. The molecule has 0 spiro atoms. The Morgan fingerprint density at radius 3 is 2.34 bits per heavy atom. The molecule has 1 amide bonds. The Kier molecular flexibility index (Phi) is 6.89. The van der Waals surface area contributed by atoms with Gasteiger partial charge in [-0.2, -0.15) is 0 Å². The zero-order valence-electron chi connectivity index (χ0n) is 18.0. The third kappa shape index (κ3) is 4.55. The SMILES string of the molecule is COC(=O)C(c1ccccc1Cl)N1CCN(C(=O)c2sc(-c3ccccc3)nc2C)CC1. The maximum Gasteiger partial charge on any atom is 0.327 e. The van der Waals surface area contributed by atoms with Gasteiger partial charge < -0.3 is 9.64 Å². The van der Waals surface area contributed by atoms with Gasteiger partial charge in [-0.25, -0.2) is 9.78 Å². The van der Waals surface area contributed by atoms with Crippen LogP contribution in [0.5, 0.6) is 0 Å². The van der Waals surface area contributed by atoms with E-state index in [-0.39, 0.29) is 11.9 Å². The van der Waals surface area contributed by atoms with Gasteiger partial charge in [-0.05, 0) is 18.6 Å². The number of benzene rings is 2. The lowest BCUT2D eigenvalue weighted by atomic mass is 10.0. The van der Waals surface area contributed by atoms with Crippen molar-refractivity contribution >= 4 is 34.8 Å². The van der Waals surface area contributed by atoms with E-state index in [1.54, 1.807) is 6.07 Å². The summed E-state index contributed by atoms with van der Waals surface area (Å²) >= 11 is 7.79. The van der Waals surface area contributed by atoms with E-state index in [1.165, 1.54) is 18.4 Å². The first-order chi connectivity index (χ1) is 15.5. The van der Waals surface area contributed by atoms with Crippen LogP contribution in [0, 0.1) is 6.92 Å². The Bertz CT molecular complexity index is 1110. The van der Waals surface area contributed by atoms with Crippen molar-refractivity contribution in [3.8, 4) is 10.6 Å². The average Bonchev–Trinajstić information content (AvgIpc) is 3.22. The summed E-state index contributed by atoms with van der Waals surface area (Å²) in [7, 11) is 1.38. The second-order valence-electron chi connectivity index (χ2n) is 7.57. The van der Waals surface area contributed by atoms with Gasteiger partial charge in [-0.1, -0.05) is 60.1 Å². The van der Waals surface area contributed by atoms with Crippen LogP contribution in [-0.2, 0) is 9.53 Å². The van der Waals surface area contributed by atoms with Crippen LogP contribution in [0.1, 0.15) is 27.0 Å². The lowest BCUT2D eigenvalue weighted by molar-refractivity contribution is -0.148. The Morgan fingerprint density at radius 2 is 1.69 bits per heavy atom. The first kappa shape index (κ1) is 22.5. The molecule has 8 heteroatoms. The summed E-state index contributed by atoms with van der Waals surface area (Å²) in [6.07, 6.45) is 0. The molecule has 0 bridgehead atoms. The van der Waals surface area contributed by atoms with Crippen molar-refractivity contribution in [2.24, 2.45) is 0 Å². The molecule has 1 unspecified atom stereocenters. The lowest BCUT2D eigenvalue weighted by Crippen LogP contribution is -2.51. The number of carbonyl (C=O) groups is 2. The first-order valence-electron chi connectivity index (χ1n) is 10.4. The summed E-state index contributed by atoms with van der Waals surface area (Å²) in [5.74, 6) is -0.377. The molecule has 1 fully saturated rings. The van der Waals surface area contributed by atoms with Crippen LogP contribution in [-0.4, -0.2) is 59.9 Å². The highest BCUT2D eigenvalue weighted by atomic mass is 35.5. The van der Waals surface area contributed by atoms with Crippen molar-refractivity contribution < 1.29 is 14.3 Å². The van der Waals surface area contributed by atoms with Crippen molar-refractivity contribution in [1.29, 1.82) is 0 Å². The molecule has 1 aliphatic rings. The number of aromatic nitrogens is 1. The van der Waals surface area contributed by atoms with Crippen molar-refractivity contribution in [2.75, 3.05) is 33.3 Å². The average molecular weight is 470 g/mol. The third-order valence-electron chi connectivity index (χ3n) is 5.60. The van der Waals surface area contributed by atoms with Gasteiger partial charge in [0.25, 0.3) is 5.91 Å². The van der Waals surface area contributed by atoms with Gasteiger partial charge in [0.15, 0.2) is 0 Å². The molecular formula is C24H24ClN3O3S. The zero-order valence-corrected chi connectivity index (χ0v) is 19.5. The number of amides is 1. The van der Waals surface area contributed by atoms with Gasteiger partial charge >= 0.3 is 5.97 Å². The van der Waals surface area contributed by atoms with Crippen molar-refractivity contribution in [3.63, 3.8) is 0 Å². The number of piperazine rings is 1. The summed E-state index contributed by atoms with van der Waals surface area (Å²) in [6.45, 7) is 3.97. The molecule has 0 radical (unpaired) electrons. The second-order valence-corrected chi connectivity index (χ2v) is 8.98. The highest BCUT2D eigenvalue weighted by molar-refractivity contribution is 7.17. The fraction of sp³-hybridized carbons (Fsp3) is 0.292. The van der Waals surface area contributed by atoms with Crippen LogP contribution < -0.4 is 0 Å². The highest BCUT2D eigenvalue weighted by Gasteiger charge is 2.34. The molecule has 1 aromatic heterocycles. The van der Waals surface area contributed by atoms with Crippen molar-refractivity contribution in [1.82, 2.24) is 14.8 Å². The number of ether oxygens (including phenoxy) is 1. The summed E-state index contributed by atoms with van der Waals surface area (Å²) in [5, 5.41) is 1.37. The zero-order chi connectivity index (χ0) is 22.7. The standard InChI is InChI=1S/C24H24ClN3O3S/c1-16-21(32-22(26-16)17-8-4-3-5-9-17)23(29)28-14-12-27(13-15-28)20(24(30)31-2)18-10-6-7-11-19(18)25/h3-11,20H,12-15H2,1-2H3. The molecular weight excluding hydrogens is 446 g/mol. The fourth-order valence-electron chi connectivity index (χ4n) is 3.91. The van der Waals surface area contributed by atoms with Crippen molar-refractivity contribution in [2.45, 2.75) is 13.0 Å². The highest BCUT2D eigenvalue weighted by Crippen LogP contribution is 2.31. The quantitative estimate of drug-likeness (QED) is 0.517. The number of hydrogen-bond acceptors (Lipinski definition) is 6. The maximum absolute atomic E-state index is 13.2. The summed E-state index contributed by atoms with van der Waals surface area (Å²) in [4.78, 5) is 34.9. The first-order valence-corrected chi connectivity index (χ1v) is 11.6. The Morgan fingerprint density at radius 1 is 1.03 bits per heavy atom. The minimum atomic E-state index is -0.597. The van der Waals surface area contributed by atoms with E-state index in [9.17, 15) is 9.59 Å². The number of rotatable bonds is 5. The smallest absolute Gasteiger partial charge is 0.327 e. The lowest BCUT2D eigenvalue weighted by Gasteiger charge is -2.38. The molecule has 1 saturated heterocycles. The van der Waals surface area contributed by atoms with Gasteiger partial charge in [0.1, 0.15) is 15.9 Å². The van der Waals surface area contributed by atoms with Crippen LogP contribution in [0.2, 0.25) is 5.02 Å². The van der Waals surface area contributed by atoms with Crippen LogP contribution in [0.15, 0.2) is 54.6 Å². The molecule has 4 rings (SSSR count). The van der Waals surface area contributed by atoms with Gasteiger partial charge in [0.2, 0.25) is 0 Å². The molecule has 166 valence electrons. The van der Waals surface area contributed by atoms with E-state index < -0.39 is 6.04 Å². The maximum atomic E-state index is 13.2. The Balaban J connectivity index is 1.48. The molecule has 2 heterocycles. The molecule has 0 N–H and O–H groups in total. The number of hydrogen-bond donors (Lipinski definition) is 0. The van der Waals surface area contributed by atoms with Gasteiger partial charge in [0.05, 0.1) is 12.8 Å². The monoisotopic (exact) mass is 469 g/mol. The fourth-order valence-corrected chi connectivity index (χ4v) is 5.19. The van der Waals surface area contributed by atoms with Crippen LogP contribution >= 0.6 is 22.9 Å². The number of esters is 1. The van der Waals surface area contributed by atoms with Gasteiger partial charge in [-0.3, -0.25) is 9.69 Å². The van der Waals surface area contributed by atoms with E-state index >= 15 is 0 Å². The number of methoxy groups -OCH3 is 1. The predicted molar refractivity (Wildman–Crippen MR) is 126 cm³/mol. The van der Waals surface area contributed by atoms with Crippen LogP contribution in [0.4, 0.5) is 0 Å². The Labute approximate surface area is 196 Å². The number of carbonyl (C=O) groups excluding carboxylic acids is 2. The predicted octanol–water partition coefficient (Wildman–Crippen LogP) is 4.44. The summed E-state index contributed by atoms with van der Waals surface area (Å²) in [5.41, 5.74) is 2.46. The van der Waals surface area contributed by atoms with E-state index in [0.29, 0.717) is 41.6 Å². The van der Waals surface area contributed by atoms with Crippen LogP contribution in [0.25, 0.3) is 10.6 Å². The van der Waals surface area contributed by atoms with Crippen molar-refractivity contribution in [3.05, 3.63) is 75.8 Å². The number of thiazole rings is 1. The van der Waals surface area contributed by atoms with E-state index in [2.05, 4.69) is 4.98 Å². The molecule has 2 aromatic carbocycles. The summed E-state index contributed by atoms with van der Waals surface area (Å²) < 4.78 is 5.05. The molecule has 6 nitrogen and oxygen atoms in total. The largest absolute Gasteiger partial charge is 0.468 e. The number of aryl methyl sites for hydroxylation is 1. The molecule has 32 heavy (non-hydrogen) atoms. The molecule has 1 aliphatic heterocycles. The molecule has 1 atom stereocenters. The Hall–Kier alpha value is -2.74. The molecule has 0 saturated carbocycles. The second kappa shape index (κ2) is 9.81. The van der Waals surface area contributed by atoms with E-state index in [0.717, 1.165) is 16.3 Å². The minimum absolute atomic E-state index is 0.0193.